The highest BCUT2D eigenvalue weighted by molar-refractivity contribution is 6.11. The van der Waals surface area contributed by atoms with Crippen molar-refractivity contribution in [1.29, 1.82) is 0 Å². The summed E-state index contributed by atoms with van der Waals surface area (Å²) in [4.78, 5) is 0. The SMILES string of the molecule is CCC(C)(c1ccc(-c2ccc3c(c2)c2cc(-c4ccc(C(C)C)cc4)ccc2n3-c2ccccc2)cc1)C(C)C. The average molecular weight is 536 g/mol. The van der Waals surface area contributed by atoms with E-state index in [1.54, 1.807) is 0 Å². The Labute approximate surface area is 245 Å². The summed E-state index contributed by atoms with van der Waals surface area (Å²) in [5, 5.41) is 2.57. The Bertz CT molecular complexity index is 1800. The summed E-state index contributed by atoms with van der Waals surface area (Å²) in [6.45, 7) is 13.9. The van der Waals surface area contributed by atoms with Gasteiger partial charge >= 0.3 is 0 Å². The Morgan fingerprint density at radius 1 is 0.585 bits per heavy atom. The zero-order valence-electron chi connectivity index (χ0n) is 25.3. The number of aromatic nitrogens is 1. The summed E-state index contributed by atoms with van der Waals surface area (Å²) in [6, 6.07) is 43.0. The van der Waals surface area contributed by atoms with Gasteiger partial charge in [-0.2, -0.15) is 0 Å². The molecule has 1 unspecified atom stereocenters. The first kappa shape index (κ1) is 27.1. The minimum absolute atomic E-state index is 0.190. The first-order valence-electron chi connectivity index (χ1n) is 15.1. The third kappa shape index (κ3) is 4.78. The van der Waals surface area contributed by atoms with Gasteiger partial charge in [-0.15, -0.1) is 0 Å². The summed E-state index contributed by atoms with van der Waals surface area (Å²) < 4.78 is 2.40. The van der Waals surface area contributed by atoms with Crippen LogP contribution in [0.2, 0.25) is 0 Å². The van der Waals surface area contributed by atoms with Crippen molar-refractivity contribution in [1.82, 2.24) is 4.57 Å². The van der Waals surface area contributed by atoms with E-state index in [9.17, 15) is 0 Å². The molecule has 1 aromatic heterocycles. The topological polar surface area (TPSA) is 4.93 Å². The molecule has 0 N–H and O–H groups in total. The van der Waals surface area contributed by atoms with Crippen molar-refractivity contribution in [3.8, 4) is 27.9 Å². The zero-order valence-corrected chi connectivity index (χ0v) is 25.3. The molecule has 6 aromatic rings. The lowest BCUT2D eigenvalue weighted by molar-refractivity contribution is 0.326. The van der Waals surface area contributed by atoms with Gasteiger partial charge in [-0.1, -0.05) is 120 Å². The van der Waals surface area contributed by atoms with Gasteiger partial charge in [0.2, 0.25) is 0 Å². The van der Waals surface area contributed by atoms with Gasteiger partial charge in [0.25, 0.3) is 0 Å². The lowest BCUT2D eigenvalue weighted by Gasteiger charge is -2.33. The third-order valence-corrected chi connectivity index (χ3v) is 9.58. The first-order chi connectivity index (χ1) is 19.8. The van der Waals surface area contributed by atoms with Gasteiger partial charge in [-0.25, -0.2) is 0 Å². The minimum Gasteiger partial charge on any atom is -0.309 e. The Morgan fingerprint density at radius 3 is 1.54 bits per heavy atom. The van der Waals surface area contributed by atoms with Crippen molar-refractivity contribution in [3.63, 3.8) is 0 Å². The summed E-state index contributed by atoms with van der Waals surface area (Å²) in [5.74, 6) is 1.12. The molecular formula is C40H41N. The predicted molar refractivity (Wildman–Crippen MR) is 178 cm³/mol. The van der Waals surface area contributed by atoms with Crippen LogP contribution in [0.15, 0.2) is 115 Å². The molecule has 1 nitrogen and oxygen atoms in total. The van der Waals surface area contributed by atoms with Crippen LogP contribution in [0.1, 0.15) is 65.0 Å². The van der Waals surface area contributed by atoms with Crippen molar-refractivity contribution >= 4 is 21.8 Å². The third-order valence-electron chi connectivity index (χ3n) is 9.58. The number of rotatable bonds is 7. The summed E-state index contributed by atoms with van der Waals surface area (Å²) in [6.07, 6.45) is 1.14. The number of para-hydroxylation sites is 1. The van der Waals surface area contributed by atoms with Gasteiger partial charge in [0, 0.05) is 16.5 Å². The molecule has 206 valence electrons. The lowest BCUT2D eigenvalue weighted by Crippen LogP contribution is -2.27. The summed E-state index contributed by atoms with van der Waals surface area (Å²) >= 11 is 0. The summed E-state index contributed by atoms with van der Waals surface area (Å²) in [5.41, 5.74) is 11.7. The molecule has 1 heterocycles. The van der Waals surface area contributed by atoms with Crippen LogP contribution < -0.4 is 0 Å². The Balaban J connectivity index is 1.51. The van der Waals surface area contributed by atoms with Gasteiger partial charge in [-0.3, -0.25) is 0 Å². The smallest absolute Gasteiger partial charge is 0.0541 e. The molecule has 0 aliphatic rings. The van der Waals surface area contributed by atoms with E-state index in [0.29, 0.717) is 11.8 Å². The van der Waals surface area contributed by atoms with Gasteiger partial charge in [0.15, 0.2) is 0 Å². The molecule has 1 heteroatoms. The number of fused-ring (bicyclic) bond motifs is 3. The van der Waals surface area contributed by atoms with Crippen molar-refractivity contribution in [2.75, 3.05) is 0 Å². The molecule has 0 aliphatic carbocycles. The van der Waals surface area contributed by atoms with Crippen molar-refractivity contribution < 1.29 is 0 Å². The van der Waals surface area contributed by atoms with E-state index in [-0.39, 0.29) is 5.41 Å². The molecule has 41 heavy (non-hydrogen) atoms. The molecule has 0 spiro atoms. The van der Waals surface area contributed by atoms with E-state index in [2.05, 4.69) is 161 Å². The Kier molecular flexibility index (Phi) is 7.08. The molecule has 1 atom stereocenters. The normalized spacial score (nSPS) is 13.4. The molecule has 0 amide bonds. The number of nitrogens with zero attached hydrogens (tertiary/aromatic N) is 1. The molecule has 0 saturated carbocycles. The highest BCUT2D eigenvalue weighted by Gasteiger charge is 2.28. The Hall–Kier alpha value is -4.10. The van der Waals surface area contributed by atoms with E-state index in [1.807, 2.05) is 0 Å². The zero-order chi connectivity index (χ0) is 28.7. The van der Waals surface area contributed by atoms with Crippen LogP contribution in [0.3, 0.4) is 0 Å². The quantitative estimate of drug-likeness (QED) is 0.192. The molecule has 6 rings (SSSR count). The van der Waals surface area contributed by atoms with Crippen LogP contribution in [0.4, 0.5) is 0 Å². The fraction of sp³-hybridized carbons (Fsp3) is 0.250. The van der Waals surface area contributed by atoms with Crippen LogP contribution in [0.5, 0.6) is 0 Å². The molecule has 5 aromatic carbocycles. The molecule has 0 radical (unpaired) electrons. The standard InChI is InChI=1S/C40H41N/c1-7-40(6,28(4)5)34-21-17-31(18-22-34)33-20-24-39-37(26-33)36-25-32(30-15-13-29(14-16-30)27(2)3)19-23-38(36)41(39)35-11-9-8-10-12-35/h8-28H,7H2,1-6H3. The number of benzene rings is 5. The maximum absolute atomic E-state index is 2.40. The maximum Gasteiger partial charge on any atom is 0.0541 e. The van der Waals surface area contributed by atoms with E-state index in [1.165, 1.54) is 60.9 Å². The van der Waals surface area contributed by atoms with Gasteiger partial charge < -0.3 is 4.57 Å². The Morgan fingerprint density at radius 2 is 1.07 bits per heavy atom. The van der Waals surface area contributed by atoms with Crippen molar-refractivity contribution in [2.45, 2.75) is 59.3 Å². The number of hydrogen-bond donors (Lipinski definition) is 0. The minimum atomic E-state index is 0.190. The second kappa shape index (κ2) is 10.7. The molecule has 0 fully saturated rings. The second-order valence-electron chi connectivity index (χ2n) is 12.4. The number of hydrogen-bond acceptors (Lipinski definition) is 0. The van der Waals surface area contributed by atoms with Gasteiger partial charge in [0.05, 0.1) is 11.0 Å². The van der Waals surface area contributed by atoms with Gasteiger partial charge in [-0.05, 0) is 93.5 Å². The average Bonchev–Trinajstić information content (AvgIpc) is 3.34. The van der Waals surface area contributed by atoms with Crippen LogP contribution in [0.25, 0.3) is 49.7 Å². The second-order valence-corrected chi connectivity index (χ2v) is 12.4. The van der Waals surface area contributed by atoms with E-state index < -0.39 is 0 Å². The monoisotopic (exact) mass is 535 g/mol. The van der Waals surface area contributed by atoms with Gasteiger partial charge in [0.1, 0.15) is 0 Å². The maximum atomic E-state index is 2.40. The van der Waals surface area contributed by atoms with Crippen molar-refractivity contribution in [3.05, 3.63) is 126 Å². The van der Waals surface area contributed by atoms with E-state index >= 15 is 0 Å². The first-order valence-corrected chi connectivity index (χ1v) is 15.1. The van der Waals surface area contributed by atoms with Crippen LogP contribution in [-0.2, 0) is 5.41 Å². The van der Waals surface area contributed by atoms with Crippen LogP contribution in [-0.4, -0.2) is 4.57 Å². The van der Waals surface area contributed by atoms with Crippen molar-refractivity contribution in [2.24, 2.45) is 5.92 Å². The fourth-order valence-corrected chi connectivity index (χ4v) is 6.29. The fourth-order valence-electron chi connectivity index (χ4n) is 6.29. The predicted octanol–water partition coefficient (Wildman–Crippen LogP) is 11.6. The summed E-state index contributed by atoms with van der Waals surface area (Å²) in [7, 11) is 0. The molecule has 0 bridgehead atoms. The molecule has 0 aliphatic heterocycles. The largest absolute Gasteiger partial charge is 0.309 e. The van der Waals surface area contributed by atoms with Crippen LogP contribution >= 0.6 is 0 Å². The van der Waals surface area contributed by atoms with E-state index in [4.69, 9.17) is 0 Å². The molecular weight excluding hydrogens is 494 g/mol. The molecule has 0 saturated heterocycles. The van der Waals surface area contributed by atoms with E-state index in [0.717, 1.165) is 6.42 Å². The van der Waals surface area contributed by atoms with Crippen LogP contribution in [0, 0.1) is 5.92 Å². The lowest BCUT2D eigenvalue weighted by atomic mass is 9.71. The highest BCUT2D eigenvalue weighted by atomic mass is 15.0. The highest BCUT2D eigenvalue weighted by Crippen LogP contribution is 2.39.